The molecule has 1 rings (SSSR count). The fraction of sp³-hybridized carbons (Fsp3) is 0.923. The lowest BCUT2D eigenvalue weighted by molar-refractivity contribution is -0.156. The maximum Gasteiger partial charge on any atom is 0.311 e. The van der Waals surface area contributed by atoms with Crippen LogP contribution < -0.4 is 0 Å². The van der Waals surface area contributed by atoms with Crippen LogP contribution in [0, 0.1) is 5.92 Å². The van der Waals surface area contributed by atoms with E-state index in [1.54, 1.807) is 6.92 Å². The number of hydrogen-bond acceptors (Lipinski definition) is 4. The average molecular weight is 244 g/mol. The Balaban J connectivity index is 2.56. The van der Waals surface area contributed by atoms with Gasteiger partial charge in [-0.05, 0) is 26.2 Å². The van der Waals surface area contributed by atoms with E-state index in [4.69, 9.17) is 9.47 Å². The van der Waals surface area contributed by atoms with Crippen LogP contribution in [0.25, 0.3) is 0 Å². The highest BCUT2D eigenvalue weighted by Gasteiger charge is 2.35. The summed E-state index contributed by atoms with van der Waals surface area (Å²) in [6.07, 6.45) is 3.50. The van der Waals surface area contributed by atoms with E-state index < -0.39 is 12.0 Å². The highest BCUT2D eigenvalue weighted by Crippen LogP contribution is 2.25. The predicted molar refractivity (Wildman–Crippen MR) is 64.6 cm³/mol. The van der Waals surface area contributed by atoms with Crippen molar-refractivity contribution in [1.29, 1.82) is 0 Å². The number of carbonyl (C=O) groups is 1. The molecule has 0 aromatic carbocycles. The summed E-state index contributed by atoms with van der Waals surface area (Å²) in [4.78, 5) is 11.8. The molecule has 1 fully saturated rings. The summed E-state index contributed by atoms with van der Waals surface area (Å²) in [5, 5.41) is 10.2. The van der Waals surface area contributed by atoms with Crippen LogP contribution in [0.4, 0.5) is 0 Å². The number of hydrogen-bond donors (Lipinski definition) is 1. The lowest BCUT2D eigenvalue weighted by Gasteiger charge is -2.25. The zero-order valence-electron chi connectivity index (χ0n) is 10.9. The normalized spacial score (nSPS) is 23.4. The molecule has 4 heteroatoms. The van der Waals surface area contributed by atoms with E-state index in [1.807, 2.05) is 0 Å². The van der Waals surface area contributed by atoms with Crippen molar-refractivity contribution in [2.75, 3.05) is 13.2 Å². The molecule has 0 aromatic rings. The number of aliphatic hydroxyl groups excluding tert-OH is 1. The van der Waals surface area contributed by atoms with Crippen LogP contribution in [-0.4, -0.2) is 36.5 Å². The molecule has 0 saturated carbocycles. The van der Waals surface area contributed by atoms with Gasteiger partial charge in [-0.1, -0.05) is 19.8 Å². The minimum Gasteiger partial charge on any atom is -0.466 e. The summed E-state index contributed by atoms with van der Waals surface area (Å²) in [6.45, 7) is 4.90. The molecule has 0 bridgehead atoms. The van der Waals surface area contributed by atoms with Crippen molar-refractivity contribution >= 4 is 5.97 Å². The van der Waals surface area contributed by atoms with Gasteiger partial charge in [-0.3, -0.25) is 4.79 Å². The molecule has 1 aliphatic heterocycles. The monoisotopic (exact) mass is 244 g/mol. The Hall–Kier alpha value is -0.610. The maximum atomic E-state index is 11.8. The number of esters is 1. The minimum absolute atomic E-state index is 0.193. The smallest absolute Gasteiger partial charge is 0.311 e. The Morgan fingerprint density at radius 1 is 1.53 bits per heavy atom. The van der Waals surface area contributed by atoms with Gasteiger partial charge < -0.3 is 14.6 Å². The van der Waals surface area contributed by atoms with Gasteiger partial charge in [0.1, 0.15) is 0 Å². The van der Waals surface area contributed by atoms with Crippen LogP contribution in [0.3, 0.4) is 0 Å². The van der Waals surface area contributed by atoms with Gasteiger partial charge in [0.2, 0.25) is 0 Å². The number of aliphatic hydroxyl groups is 1. The van der Waals surface area contributed by atoms with Crippen molar-refractivity contribution in [2.24, 2.45) is 5.92 Å². The van der Waals surface area contributed by atoms with E-state index >= 15 is 0 Å². The van der Waals surface area contributed by atoms with E-state index in [1.165, 1.54) is 0 Å². The topological polar surface area (TPSA) is 55.8 Å². The van der Waals surface area contributed by atoms with Gasteiger partial charge in [0, 0.05) is 6.61 Å². The maximum absolute atomic E-state index is 11.8. The number of ether oxygens (including phenoxy) is 2. The van der Waals surface area contributed by atoms with Gasteiger partial charge in [0.25, 0.3) is 0 Å². The molecule has 1 heterocycles. The Labute approximate surface area is 103 Å². The number of carbonyl (C=O) groups excluding carboxylic acids is 1. The Bertz CT molecular complexity index is 223. The molecule has 4 nitrogen and oxygen atoms in total. The molecule has 100 valence electrons. The molecular formula is C13H24O4. The van der Waals surface area contributed by atoms with Crippen molar-refractivity contribution in [3.05, 3.63) is 0 Å². The van der Waals surface area contributed by atoms with Gasteiger partial charge in [-0.2, -0.15) is 0 Å². The van der Waals surface area contributed by atoms with Gasteiger partial charge in [0.15, 0.2) is 0 Å². The molecule has 0 aromatic heterocycles. The molecule has 0 radical (unpaired) electrons. The summed E-state index contributed by atoms with van der Waals surface area (Å²) in [7, 11) is 0. The van der Waals surface area contributed by atoms with Crippen LogP contribution in [0.15, 0.2) is 0 Å². The van der Waals surface area contributed by atoms with Gasteiger partial charge >= 0.3 is 5.97 Å². The molecule has 1 saturated heterocycles. The molecule has 0 unspecified atom stereocenters. The lowest BCUT2D eigenvalue weighted by atomic mass is 9.91. The van der Waals surface area contributed by atoms with Gasteiger partial charge in [-0.15, -0.1) is 0 Å². The van der Waals surface area contributed by atoms with Crippen molar-refractivity contribution in [1.82, 2.24) is 0 Å². The molecule has 3 atom stereocenters. The Morgan fingerprint density at radius 3 is 2.82 bits per heavy atom. The summed E-state index contributed by atoms with van der Waals surface area (Å²) in [5.41, 5.74) is 0. The van der Waals surface area contributed by atoms with E-state index in [-0.39, 0.29) is 12.1 Å². The quantitative estimate of drug-likeness (QED) is 0.695. The highest BCUT2D eigenvalue weighted by molar-refractivity contribution is 5.73. The van der Waals surface area contributed by atoms with Gasteiger partial charge in [0.05, 0.1) is 24.7 Å². The first-order valence-corrected chi connectivity index (χ1v) is 6.67. The Morgan fingerprint density at radius 2 is 2.29 bits per heavy atom. The molecule has 0 aliphatic carbocycles. The second-order valence-electron chi connectivity index (χ2n) is 4.54. The summed E-state index contributed by atoms with van der Waals surface area (Å²) in [6, 6.07) is 0. The molecule has 1 N–H and O–H groups in total. The second kappa shape index (κ2) is 7.67. The zero-order valence-corrected chi connectivity index (χ0v) is 10.9. The molecule has 0 spiro atoms. The molecule has 0 amide bonds. The van der Waals surface area contributed by atoms with E-state index in [0.29, 0.717) is 19.6 Å². The molecule has 17 heavy (non-hydrogen) atoms. The third-order valence-corrected chi connectivity index (χ3v) is 3.22. The minimum atomic E-state index is -0.719. The average Bonchev–Trinajstić information content (AvgIpc) is 2.83. The van der Waals surface area contributed by atoms with Crippen LogP contribution >= 0.6 is 0 Å². The van der Waals surface area contributed by atoms with Gasteiger partial charge in [-0.25, -0.2) is 0 Å². The van der Waals surface area contributed by atoms with E-state index in [2.05, 4.69) is 6.92 Å². The summed E-state index contributed by atoms with van der Waals surface area (Å²) in [5.74, 6) is -0.720. The first kappa shape index (κ1) is 14.5. The molecule has 1 aliphatic rings. The number of unbranched alkanes of at least 4 members (excludes halogenated alkanes) is 1. The van der Waals surface area contributed by atoms with E-state index in [9.17, 15) is 9.90 Å². The standard InChI is InChI=1S/C13H24O4/c1-3-5-7-10(13(15)16-4-2)12(14)11-8-6-9-17-11/h10-12,14H,3-9H2,1-2H3/t10-,11-,12+/m0/s1. The van der Waals surface area contributed by atoms with Crippen LogP contribution in [0.2, 0.25) is 0 Å². The third-order valence-electron chi connectivity index (χ3n) is 3.22. The fourth-order valence-corrected chi connectivity index (χ4v) is 2.23. The van der Waals surface area contributed by atoms with Crippen LogP contribution in [0.5, 0.6) is 0 Å². The van der Waals surface area contributed by atoms with Crippen molar-refractivity contribution < 1.29 is 19.4 Å². The Kier molecular flexibility index (Phi) is 6.52. The fourth-order valence-electron chi connectivity index (χ4n) is 2.23. The number of rotatable bonds is 7. The largest absolute Gasteiger partial charge is 0.466 e. The van der Waals surface area contributed by atoms with Crippen LogP contribution in [-0.2, 0) is 14.3 Å². The second-order valence-corrected chi connectivity index (χ2v) is 4.54. The predicted octanol–water partition coefficient (Wildman–Crippen LogP) is 1.90. The zero-order chi connectivity index (χ0) is 12.7. The molecular weight excluding hydrogens is 220 g/mol. The van der Waals surface area contributed by atoms with Crippen molar-refractivity contribution in [3.63, 3.8) is 0 Å². The third kappa shape index (κ3) is 4.28. The first-order valence-electron chi connectivity index (χ1n) is 6.67. The van der Waals surface area contributed by atoms with Crippen molar-refractivity contribution in [2.45, 2.75) is 58.2 Å². The lowest BCUT2D eigenvalue weighted by Crippen LogP contribution is -2.38. The van der Waals surface area contributed by atoms with Crippen LogP contribution in [0.1, 0.15) is 46.0 Å². The highest BCUT2D eigenvalue weighted by atomic mass is 16.5. The SMILES string of the molecule is CCCC[C@H](C(=O)OCC)[C@@H](O)[C@@H]1CCCO1. The van der Waals surface area contributed by atoms with Crippen molar-refractivity contribution in [3.8, 4) is 0 Å². The summed E-state index contributed by atoms with van der Waals surface area (Å²) < 4.78 is 10.5. The van der Waals surface area contributed by atoms with E-state index in [0.717, 1.165) is 25.7 Å². The summed E-state index contributed by atoms with van der Waals surface area (Å²) >= 11 is 0. The first-order chi connectivity index (χ1) is 8.20.